The number of nitrogens with one attached hydrogen (secondary N) is 1. The molecule has 0 saturated carbocycles. The van der Waals surface area contributed by atoms with Crippen LogP contribution in [0.1, 0.15) is 11.1 Å². The minimum Gasteiger partial charge on any atom is -0.493 e. The smallest absolute Gasteiger partial charge is 0.387 e. The molecule has 24 heavy (non-hydrogen) atoms. The van der Waals surface area contributed by atoms with Crippen LogP contribution in [0.2, 0.25) is 5.02 Å². The van der Waals surface area contributed by atoms with Gasteiger partial charge in [0.1, 0.15) is 0 Å². The summed E-state index contributed by atoms with van der Waals surface area (Å²) in [5, 5.41) is 3.37. The molecule has 0 aromatic heterocycles. The molecule has 0 aliphatic heterocycles. The second kappa shape index (κ2) is 8.49. The van der Waals surface area contributed by atoms with Crippen LogP contribution in [-0.2, 0) is 17.8 Å². The predicted octanol–water partition coefficient (Wildman–Crippen LogP) is 3.81. The van der Waals surface area contributed by atoms with E-state index in [4.69, 9.17) is 16.3 Å². The maximum absolute atomic E-state index is 12.3. The van der Waals surface area contributed by atoms with Crippen molar-refractivity contribution in [3.63, 3.8) is 0 Å². The molecule has 0 saturated heterocycles. The van der Waals surface area contributed by atoms with Crippen LogP contribution in [0.4, 0.5) is 8.78 Å². The minimum absolute atomic E-state index is 0.0521. The van der Waals surface area contributed by atoms with Gasteiger partial charge in [0.15, 0.2) is 11.5 Å². The lowest BCUT2D eigenvalue weighted by Gasteiger charge is -2.12. The summed E-state index contributed by atoms with van der Waals surface area (Å²) in [5.74, 6) is -0.0345. The summed E-state index contributed by atoms with van der Waals surface area (Å²) in [6.07, 6.45) is 0.223. The van der Waals surface area contributed by atoms with Crippen LogP contribution in [0.25, 0.3) is 0 Å². The van der Waals surface area contributed by atoms with Crippen molar-refractivity contribution in [1.29, 1.82) is 0 Å². The highest BCUT2D eigenvalue weighted by atomic mass is 35.5. The Morgan fingerprint density at radius 3 is 2.42 bits per heavy atom. The van der Waals surface area contributed by atoms with Crippen LogP contribution in [0.15, 0.2) is 42.5 Å². The van der Waals surface area contributed by atoms with Crippen LogP contribution in [0, 0.1) is 0 Å². The number of carbonyl (C=O) groups is 1. The number of hydrogen-bond donors (Lipinski definition) is 1. The lowest BCUT2D eigenvalue weighted by Crippen LogP contribution is -2.24. The van der Waals surface area contributed by atoms with E-state index < -0.39 is 6.61 Å². The van der Waals surface area contributed by atoms with Crippen LogP contribution >= 0.6 is 11.6 Å². The third-order valence-corrected chi connectivity index (χ3v) is 3.46. The van der Waals surface area contributed by atoms with Gasteiger partial charge in [-0.15, -0.1) is 0 Å². The van der Waals surface area contributed by atoms with Crippen LogP contribution in [0.5, 0.6) is 11.5 Å². The Hall–Kier alpha value is -2.34. The Kier molecular flexibility index (Phi) is 6.37. The summed E-state index contributed by atoms with van der Waals surface area (Å²) in [6.45, 7) is -2.68. The summed E-state index contributed by atoms with van der Waals surface area (Å²) in [5.41, 5.74) is 1.55. The van der Waals surface area contributed by atoms with Gasteiger partial charge in [-0.3, -0.25) is 4.79 Å². The Morgan fingerprint density at radius 2 is 1.79 bits per heavy atom. The number of halogens is 3. The van der Waals surface area contributed by atoms with Crippen molar-refractivity contribution >= 4 is 17.5 Å². The van der Waals surface area contributed by atoms with Crippen molar-refractivity contribution in [3.8, 4) is 11.5 Å². The topological polar surface area (TPSA) is 47.6 Å². The van der Waals surface area contributed by atoms with Gasteiger partial charge >= 0.3 is 6.61 Å². The normalized spacial score (nSPS) is 10.5. The number of alkyl halides is 2. The first kappa shape index (κ1) is 18.0. The Bertz CT molecular complexity index is 693. The minimum atomic E-state index is -2.93. The summed E-state index contributed by atoms with van der Waals surface area (Å²) in [4.78, 5) is 11.9. The SMILES string of the molecule is COc1cc(CNC(=O)Cc2ccc(Cl)cc2)ccc1OC(F)F. The Balaban J connectivity index is 1.93. The van der Waals surface area contributed by atoms with Gasteiger partial charge in [0.25, 0.3) is 0 Å². The Labute approximate surface area is 143 Å². The first-order valence-electron chi connectivity index (χ1n) is 7.11. The zero-order valence-corrected chi connectivity index (χ0v) is 13.6. The quantitative estimate of drug-likeness (QED) is 0.821. The molecule has 128 valence electrons. The number of methoxy groups -OCH3 is 1. The van der Waals surface area contributed by atoms with E-state index in [1.807, 2.05) is 0 Å². The van der Waals surface area contributed by atoms with Gasteiger partial charge in [-0.05, 0) is 35.4 Å². The van der Waals surface area contributed by atoms with E-state index in [2.05, 4.69) is 10.1 Å². The monoisotopic (exact) mass is 355 g/mol. The van der Waals surface area contributed by atoms with E-state index in [-0.39, 0.29) is 30.4 Å². The van der Waals surface area contributed by atoms with Gasteiger partial charge in [-0.25, -0.2) is 0 Å². The van der Waals surface area contributed by atoms with E-state index in [1.165, 1.54) is 13.2 Å². The van der Waals surface area contributed by atoms with Crippen molar-refractivity contribution in [1.82, 2.24) is 5.32 Å². The second-order valence-electron chi connectivity index (χ2n) is 4.94. The third-order valence-electron chi connectivity index (χ3n) is 3.21. The van der Waals surface area contributed by atoms with E-state index in [0.717, 1.165) is 5.56 Å². The average Bonchev–Trinajstić information content (AvgIpc) is 2.55. The highest BCUT2D eigenvalue weighted by molar-refractivity contribution is 6.30. The molecule has 0 spiro atoms. The largest absolute Gasteiger partial charge is 0.493 e. The fraction of sp³-hybridized carbons (Fsp3) is 0.235. The molecule has 0 fully saturated rings. The standard InChI is InChI=1S/C17H16ClF2NO3/c1-23-15-8-12(4-7-14(15)24-17(19)20)10-21-16(22)9-11-2-5-13(18)6-3-11/h2-8,17H,9-10H2,1H3,(H,21,22). The highest BCUT2D eigenvalue weighted by Gasteiger charge is 2.11. The molecule has 1 amide bonds. The predicted molar refractivity (Wildman–Crippen MR) is 86.6 cm³/mol. The maximum atomic E-state index is 12.3. The van der Waals surface area contributed by atoms with E-state index in [0.29, 0.717) is 10.6 Å². The van der Waals surface area contributed by atoms with E-state index in [1.54, 1.807) is 36.4 Å². The van der Waals surface area contributed by atoms with Crippen molar-refractivity contribution in [2.24, 2.45) is 0 Å². The van der Waals surface area contributed by atoms with E-state index >= 15 is 0 Å². The van der Waals surface area contributed by atoms with Crippen LogP contribution in [-0.4, -0.2) is 19.6 Å². The van der Waals surface area contributed by atoms with Gasteiger partial charge in [0.05, 0.1) is 13.5 Å². The molecule has 2 rings (SSSR count). The number of ether oxygens (including phenoxy) is 2. The van der Waals surface area contributed by atoms with Crippen molar-refractivity contribution in [2.45, 2.75) is 19.6 Å². The number of rotatable bonds is 7. The lowest BCUT2D eigenvalue weighted by atomic mass is 10.1. The molecular formula is C17H16ClF2NO3. The van der Waals surface area contributed by atoms with Gasteiger partial charge < -0.3 is 14.8 Å². The average molecular weight is 356 g/mol. The maximum Gasteiger partial charge on any atom is 0.387 e. The zero-order chi connectivity index (χ0) is 17.5. The fourth-order valence-electron chi connectivity index (χ4n) is 2.07. The summed E-state index contributed by atoms with van der Waals surface area (Å²) < 4.78 is 33.9. The molecule has 2 aromatic carbocycles. The van der Waals surface area contributed by atoms with Gasteiger partial charge in [-0.2, -0.15) is 8.78 Å². The molecule has 0 heterocycles. The molecule has 0 aliphatic carbocycles. The lowest BCUT2D eigenvalue weighted by molar-refractivity contribution is -0.120. The molecule has 0 atom stereocenters. The first-order valence-corrected chi connectivity index (χ1v) is 7.48. The summed E-state index contributed by atoms with van der Waals surface area (Å²) >= 11 is 5.79. The van der Waals surface area contributed by atoms with Gasteiger partial charge in [0.2, 0.25) is 5.91 Å². The highest BCUT2D eigenvalue weighted by Crippen LogP contribution is 2.29. The summed E-state index contributed by atoms with van der Waals surface area (Å²) in [7, 11) is 1.36. The second-order valence-corrected chi connectivity index (χ2v) is 5.38. The van der Waals surface area contributed by atoms with Gasteiger partial charge in [-0.1, -0.05) is 29.8 Å². The molecule has 0 bridgehead atoms. The number of amides is 1. The van der Waals surface area contributed by atoms with Crippen LogP contribution in [0.3, 0.4) is 0 Å². The molecule has 1 N–H and O–H groups in total. The molecule has 0 radical (unpaired) electrons. The number of carbonyl (C=O) groups excluding carboxylic acids is 1. The molecular weight excluding hydrogens is 340 g/mol. The van der Waals surface area contributed by atoms with Crippen molar-refractivity contribution in [2.75, 3.05) is 7.11 Å². The van der Waals surface area contributed by atoms with Crippen molar-refractivity contribution < 1.29 is 23.0 Å². The molecule has 0 aliphatic rings. The van der Waals surface area contributed by atoms with E-state index in [9.17, 15) is 13.6 Å². The number of hydrogen-bond acceptors (Lipinski definition) is 3. The van der Waals surface area contributed by atoms with Crippen LogP contribution < -0.4 is 14.8 Å². The van der Waals surface area contributed by atoms with Gasteiger partial charge in [0, 0.05) is 11.6 Å². The molecule has 0 unspecified atom stereocenters. The Morgan fingerprint density at radius 1 is 1.12 bits per heavy atom. The third kappa shape index (κ3) is 5.38. The number of benzene rings is 2. The summed E-state index contributed by atoms with van der Waals surface area (Å²) in [6, 6.07) is 11.5. The zero-order valence-electron chi connectivity index (χ0n) is 12.9. The fourth-order valence-corrected chi connectivity index (χ4v) is 2.19. The van der Waals surface area contributed by atoms with Crippen molar-refractivity contribution in [3.05, 3.63) is 58.6 Å². The first-order chi connectivity index (χ1) is 11.5. The molecule has 4 nitrogen and oxygen atoms in total. The molecule has 2 aromatic rings. The molecule has 7 heteroatoms.